The van der Waals surface area contributed by atoms with Gasteiger partial charge >= 0.3 is 5.97 Å². The van der Waals surface area contributed by atoms with Crippen LogP contribution in [0.2, 0.25) is 0 Å². The van der Waals surface area contributed by atoms with Gasteiger partial charge in [-0.25, -0.2) is 12.7 Å². The van der Waals surface area contributed by atoms with Crippen LogP contribution in [0.3, 0.4) is 0 Å². The third-order valence-corrected chi connectivity index (χ3v) is 8.32. The number of likely N-dealkylation sites (N-methyl/N-ethyl adjacent to an activating group) is 1. The smallest absolute Gasteiger partial charge is 0.305 e. The number of ether oxygens (including phenoxy) is 2. The van der Waals surface area contributed by atoms with E-state index in [0.717, 1.165) is 5.56 Å². The summed E-state index contributed by atoms with van der Waals surface area (Å²) in [4.78, 5) is 28.1. The Morgan fingerprint density at radius 2 is 1.70 bits per heavy atom. The molecule has 1 saturated heterocycles. The van der Waals surface area contributed by atoms with Gasteiger partial charge in [0.05, 0.1) is 24.3 Å². The van der Waals surface area contributed by atoms with Crippen molar-refractivity contribution in [3.63, 3.8) is 0 Å². The number of rotatable bonds is 12. The van der Waals surface area contributed by atoms with E-state index in [1.54, 1.807) is 44.2 Å². The van der Waals surface area contributed by atoms with Gasteiger partial charge < -0.3 is 19.3 Å². The van der Waals surface area contributed by atoms with Crippen LogP contribution in [0.4, 0.5) is 5.69 Å². The van der Waals surface area contributed by atoms with Crippen LogP contribution >= 0.6 is 0 Å². The second-order valence-electron chi connectivity index (χ2n) is 8.92. The SMILES string of the molecule is CCOC(=O)CCCC(=O)N1CCN(c2cc(S(=O)(=O)N(C)CCc3ccccc3)ccc2OC)CC1. The number of anilines is 1. The summed E-state index contributed by atoms with van der Waals surface area (Å²) < 4.78 is 38.4. The Labute approximate surface area is 220 Å². The molecule has 0 radical (unpaired) electrons. The average molecular weight is 532 g/mol. The van der Waals surface area contributed by atoms with Crippen LogP contribution in [-0.2, 0) is 30.8 Å². The number of piperazine rings is 1. The predicted molar refractivity (Wildman–Crippen MR) is 142 cm³/mol. The van der Waals surface area contributed by atoms with Gasteiger partial charge in [-0.05, 0) is 43.5 Å². The molecule has 1 heterocycles. The molecule has 1 aliphatic heterocycles. The first-order chi connectivity index (χ1) is 17.8. The summed E-state index contributed by atoms with van der Waals surface area (Å²) in [6, 6.07) is 14.7. The van der Waals surface area contributed by atoms with Gasteiger partial charge in [0.1, 0.15) is 5.75 Å². The van der Waals surface area contributed by atoms with Gasteiger partial charge in [-0.3, -0.25) is 9.59 Å². The van der Waals surface area contributed by atoms with Crippen molar-refractivity contribution < 1.29 is 27.5 Å². The molecule has 1 fully saturated rings. The number of benzene rings is 2. The summed E-state index contributed by atoms with van der Waals surface area (Å²) in [5, 5.41) is 0. The maximum Gasteiger partial charge on any atom is 0.305 e. The molecule has 1 amide bonds. The van der Waals surface area contributed by atoms with Gasteiger partial charge in [-0.15, -0.1) is 0 Å². The molecule has 10 heteroatoms. The molecular weight excluding hydrogens is 494 g/mol. The first-order valence-electron chi connectivity index (χ1n) is 12.6. The number of carbonyl (C=O) groups is 2. The number of carbonyl (C=O) groups excluding carboxylic acids is 2. The Kier molecular flexibility index (Phi) is 10.3. The number of esters is 1. The Morgan fingerprint density at radius 3 is 2.35 bits per heavy atom. The third kappa shape index (κ3) is 7.69. The van der Waals surface area contributed by atoms with Crippen LogP contribution in [0.5, 0.6) is 5.75 Å². The lowest BCUT2D eigenvalue weighted by Crippen LogP contribution is -2.48. The molecule has 0 saturated carbocycles. The van der Waals surface area contributed by atoms with Crippen molar-refractivity contribution in [1.29, 1.82) is 0 Å². The molecule has 0 aromatic heterocycles. The van der Waals surface area contributed by atoms with Crippen molar-refractivity contribution in [2.24, 2.45) is 0 Å². The first-order valence-corrected chi connectivity index (χ1v) is 14.1. The lowest BCUT2D eigenvalue weighted by Gasteiger charge is -2.37. The summed E-state index contributed by atoms with van der Waals surface area (Å²) in [5.41, 5.74) is 1.77. The highest BCUT2D eigenvalue weighted by Crippen LogP contribution is 2.32. The minimum Gasteiger partial charge on any atom is -0.495 e. The molecule has 0 bridgehead atoms. The van der Waals surface area contributed by atoms with E-state index in [4.69, 9.17) is 9.47 Å². The van der Waals surface area contributed by atoms with Crippen molar-refractivity contribution in [2.75, 3.05) is 58.4 Å². The number of hydrogen-bond donors (Lipinski definition) is 0. The van der Waals surface area contributed by atoms with E-state index >= 15 is 0 Å². The molecule has 0 unspecified atom stereocenters. The molecule has 0 aliphatic carbocycles. The highest BCUT2D eigenvalue weighted by molar-refractivity contribution is 7.89. The van der Waals surface area contributed by atoms with Gasteiger partial charge in [-0.2, -0.15) is 0 Å². The minimum absolute atomic E-state index is 0.00674. The summed E-state index contributed by atoms with van der Waals surface area (Å²) in [7, 11) is -0.543. The van der Waals surface area contributed by atoms with Gasteiger partial charge in [0.25, 0.3) is 0 Å². The maximum absolute atomic E-state index is 13.3. The van der Waals surface area contributed by atoms with Gasteiger partial charge in [0.15, 0.2) is 0 Å². The number of nitrogens with zero attached hydrogens (tertiary/aromatic N) is 3. The minimum atomic E-state index is -3.69. The van der Waals surface area contributed by atoms with Gasteiger partial charge in [0, 0.05) is 52.6 Å². The number of methoxy groups -OCH3 is 1. The fourth-order valence-electron chi connectivity index (χ4n) is 4.28. The van der Waals surface area contributed by atoms with Crippen molar-refractivity contribution >= 4 is 27.6 Å². The monoisotopic (exact) mass is 531 g/mol. The fraction of sp³-hybridized carbons (Fsp3) is 0.481. The van der Waals surface area contributed by atoms with Gasteiger partial charge in [0.2, 0.25) is 15.9 Å². The van der Waals surface area contributed by atoms with Crippen molar-refractivity contribution in [2.45, 2.75) is 37.5 Å². The van der Waals surface area contributed by atoms with Crippen molar-refractivity contribution in [3.8, 4) is 5.75 Å². The summed E-state index contributed by atoms with van der Waals surface area (Å²) >= 11 is 0. The fourth-order valence-corrected chi connectivity index (χ4v) is 5.47. The van der Waals surface area contributed by atoms with Crippen LogP contribution in [0.25, 0.3) is 0 Å². The number of sulfonamides is 1. The first kappa shape index (κ1) is 28.5. The van der Waals surface area contributed by atoms with Crippen LogP contribution < -0.4 is 9.64 Å². The topological polar surface area (TPSA) is 96.5 Å². The quantitative estimate of drug-likeness (QED) is 0.389. The zero-order valence-electron chi connectivity index (χ0n) is 21.9. The predicted octanol–water partition coefficient (Wildman–Crippen LogP) is 2.94. The summed E-state index contributed by atoms with van der Waals surface area (Å²) in [5.74, 6) is 0.306. The molecule has 2 aromatic carbocycles. The highest BCUT2D eigenvalue weighted by atomic mass is 32.2. The zero-order chi connectivity index (χ0) is 26.8. The normalized spacial score (nSPS) is 14.1. The molecule has 9 nitrogen and oxygen atoms in total. The summed E-state index contributed by atoms with van der Waals surface area (Å²) in [6.07, 6.45) is 1.61. The third-order valence-electron chi connectivity index (χ3n) is 6.47. The van der Waals surface area contributed by atoms with Crippen molar-refractivity contribution in [3.05, 3.63) is 54.1 Å². The molecule has 2 aromatic rings. The standard InChI is InChI=1S/C27H37N3O6S/c1-4-36-27(32)12-8-11-26(31)30-19-17-29(18-20-30)24-21-23(13-14-25(24)35-3)37(33,34)28(2)16-15-22-9-6-5-7-10-22/h5-7,9-10,13-14,21H,4,8,11-12,15-20H2,1-3H3. The maximum atomic E-state index is 13.3. The molecular formula is C27H37N3O6S. The second kappa shape index (κ2) is 13.4. The number of hydrogen-bond acceptors (Lipinski definition) is 7. The van der Waals surface area contributed by atoms with E-state index in [9.17, 15) is 18.0 Å². The zero-order valence-corrected chi connectivity index (χ0v) is 22.7. The van der Waals surface area contributed by atoms with E-state index in [1.807, 2.05) is 35.2 Å². The Morgan fingerprint density at radius 1 is 1.00 bits per heavy atom. The Bertz CT molecular complexity index is 1150. The van der Waals surface area contributed by atoms with Crippen LogP contribution in [0.15, 0.2) is 53.4 Å². The van der Waals surface area contributed by atoms with E-state index in [0.29, 0.717) is 70.0 Å². The Balaban J connectivity index is 1.62. The largest absolute Gasteiger partial charge is 0.495 e. The molecule has 0 N–H and O–H groups in total. The second-order valence-corrected chi connectivity index (χ2v) is 11.0. The summed E-state index contributed by atoms with van der Waals surface area (Å²) in [6.45, 7) is 4.58. The molecule has 0 atom stereocenters. The van der Waals surface area contributed by atoms with Crippen LogP contribution in [0.1, 0.15) is 31.7 Å². The lowest BCUT2D eigenvalue weighted by atomic mass is 10.2. The molecule has 3 rings (SSSR count). The van der Waals surface area contributed by atoms with E-state index in [-0.39, 0.29) is 23.2 Å². The molecule has 0 spiro atoms. The number of amides is 1. The van der Waals surface area contributed by atoms with E-state index in [1.165, 1.54) is 4.31 Å². The lowest BCUT2D eigenvalue weighted by molar-refractivity contribution is -0.143. The molecule has 37 heavy (non-hydrogen) atoms. The molecule has 1 aliphatic rings. The van der Waals surface area contributed by atoms with Gasteiger partial charge in [-0.1, -0.05) is 30.3 Å². The Hall–Kier alpha value is -3.11. The highest BCUT2D eigenvalue weighted by Gasteiger charge is 2.26. The van der Waals surface area contributed by atoms with Crippen molar-refractivity contribution in [1.82, 2.24) is 9.21 Å². The average Bonchev–Trinajstić information content (AvgIpc) is 2.92. The van der Waals surface area contributed by atoms with E-state index < -0.39 is 10.0 Å². The van der Waals surface area contributed by atoms with Crippen LogP contribution in [0, 0.1) is 0 Å². The van der Waals surface area contributed by atoms with Crippen LogP contribution in [-0.4, -0.2) is 83.0 Å². The molecule has 202 valence electrons. The van der Waals surface area contributed by atoms with E-state index in [2.05, 4.69) is 0 Å².